The van der Waals surface area contributed by atoms with Gasteiger partial charge in [0.15, 0.2) is 12.4 Å². The number of benzene rings is 1. The molecule has 2 N–H and O–H groups in total. The van der Waals surface area contributed by atoms with E-state index in [4.69, 9.17) is 4.74 Å². The molecular formula is C11H15N3O4S. The molecule has 0 radical (unpaired) electrons. The van der Waals surface area contributed by atoms with Crippen molar-refractivity contribution in [3.63, 3.8) is 0 Å². The normalized spacial score (nSPS) is 14.6. The smallest absolute Gasteiger partial charge is 0.301 e. The van der Waals surface area contributed by atoms with Gasteiger partial charge in [0.2, 0.25) is 0 Å². The average Bonchev–Trinajstić information content (AvgIpc) is 2.27. The largest absolute Gasteiger partial charge is 0.479 e. The molecule has 0 spiro atoms. The summed E-state index contributed by atoms with van der Waals surface area (Å²) in [5, 5.41) is 2.64. The van der Waals surface area contributed by atoms with Crippen molar-refractivity contribution in [2.24, 2.45) is 0 Å². The first-order valence-corrected chi connectivity index (χ1v) is 7.01. The van der Waals surface area contributed by atoms with Gasteiger partial charge in [0.1, 0.15) is 0 Å². The Labute approximate surface area is 111 Å². The van der Waals surface area contributed by atoms with Crippen molar-refractivity contribution in [3.8, 4) is 5.75 Å². The van der Waals surface area contributed by atoms with Gasteiger partial charge in [-0.05, 0) is 24.6 Å². The predicted octanol–water partition coefficient (Wildman–Crippen LogP) is 0.544. The third kappa shape index (κ3) is 2.79. The fraction of sp³-hybridized carbons (Fsp3) is 0.364. The highest BCUT2D eigenvalue weighted by Crippen LogP contribution is 2.37. The van der Waals surface area contributed by atoms with Crippen LogP contribution in [0.15, 0.2) is 12.1 Å². The first-order valence-electron chi connectivity index (χ1n) is 5.57. The van der Waals surface area contributed by atoms with Crippen LogP contribution in [0.5, 0.6) is 5.75 Å². The molecule has 0 unspecified atom stereocenters. The summed E-state index contributed by atoms with van der Waals surface area (Å²) in [6.45, 7) is 1.67. The first kappa shape index (κ1) is 13.6. The van der Waals surface area contributed by atoms with Crippen molar-refractivity contribution in [3.05, 3.63) is 17.7 Å². The molecule has 2 rings (SSSR count). The number of aryl methyl sites for hydroxylation is 1. The Kier molecular flexibility index (Phi) is 3.38. The second kappa shape index (κ2) is 4.71. The molecule has 7 nitrogen and oxygen atoms in total. The molecule has 1 aromatic rings. The zero-order chi connectivity index (χ0) is 14.2. The Morgan fingerprint density at radius 2 is 2.05 bits per heavy atom. The lowest BCUT2D eigenvalue weighted by Crippen LogP contribution is -2.30. The molecule has 1 heterocycles. The number of ether oxygens (including phenoxy) is 1. The van der Waals surface area contributed by atoms with Crippen molar-refractivity contribution < 1.29 is 17.9 Å². The summed E-state index contributed by atoms with van der Waals surface area (Å²) >= 11 is 0. The molecule has 1 amide bonds. The van der Waals surface area contributed by atoms with E-state index in [1.807, 2.05) is 0 Å². The van der Waals surface area contributed by atoms with Crippen LogP contribution in [0.25, 0.3) is 0 Å². The van der Waals surface area contributed by atoms with Crippen LogP contribution < -0.4 is 14.8 Å². The van der Waals surface area contributed by atoms with Crippen LogP contribution in [0.2, 0.25) is 0 Å². The highest BCUT2D eigenvalue weighted by atomic mass is 32.2. The van der Waals surface area contributed by atoms with Crippen molar-refractivity contribution >= 4 is 27.5 Å². The molecule has 1 aliphatic rings. The van der Waals surface area contributed by atoms with Gasteiger partial charge in [-0.1, -0.05) is 0 Å². The second-order valence-electron chi connectivity index (χ2n) is 4.42. The number of hydrogen-bond acceptors (Lipinski definition) is 4. The third-order valence-corrected chi connectivity index (χ3v) is 4.01. The number of nitrogens with one attached hydrogen (secondary N) is 2. The lowest BCUT2D eigenvalue weighted by atomic mass is 10.1. The van der Waals surface area contributed by atoms with Crippen molar-refractivity contribution in [2.75, 3.05) is 30.7 Å². The molecule has 104 valence electrons. The minimum Gasteiger partial charge on any atom is -0.479 e. The zero-order valence-corrected chi connectivity index (χ0v) is 11.7. The highest BCUT2D eigenvalue weighted by Gasteiger charge is 2.23. The Morgan fingerprint density at radius 3 is 2.68 bits per heavy atom. The SMILES string of the molecule is Cc1cc2c(c(NS(=O)(=O)N(C)C)c1)OCC(=O)N2. The second-order valence-corrected chi connectivity index (χ2v) is 6.30. The lowest BCUT2D eigenvalue weighted by Gasteiger charge is -2.23. The monoisotopic (exact) mass is 285 g/mol. The number of carbonyl (C=O) groups excluding carboxylic acids is 1. The first-order chi connectivity index (χ1) is 8.79. The molecule has 0 atom stereocenters. The molecule has 1 aromatic carbocycles. The molecule has 1 aliphatic heterocycles. The Balaban J connectivity index is 2.44. The van der Waals surface area contributed by atoms with Gasteiger partial charge in [-0.3, -0.25) is 9.52 Å². The van der Waals surface area contributed by atoms with E-state index in [2.05, 4.69) is 10.0 Å². The van der Waals surface area contributed by atoms with Crippen LogP contribution in [0.4, 0.5) is 11.4 Å². The molecular weight excluding hydrogens is 270 g/mol. The van der Waals surface area contributed by atoms with Crippen molar-refractivity contribution in [1.29, 1.82) is 0 Å². The van der Waals surface area contributed by atoms with Crippen molar-refractivity contribution in [2.45, 2.75) is 6.92 Å². The Morgan fingerprint density at radius 1 is 1.37 bits per heavy atom. The van der Waals surface area contributed by atoms with Gasteiger partial charge in [0.05, 0.1) is 11.4 Å². The van der Waals surface area contributed by atoms with E-state index >= 15 is 0 Å². The van der Waals surface area contributed by atoms with E-state index in [0.717, 1.165) is 9.87 Å². The molecule has 0 fully saturated rings. The molecule has 0 aliphatic carbocycles. The number of carbonyl (C=O) groups is 1. The van der Waals surface area contributed by atoms with Crippen molar-refractivity contribution in [1.82, 2.24) is 4.31 Å². The van der Waals surface area contributed by atoms with E-state index in [0.29, 0.717) is 17.1 Å². The fourth-order valence-corrected chi connectivity index (χ4v) is 2.26. The Hall–Kier alpha value is -1.80. The molecule has 0 saturated heterocycles. The third-order valence-electron chi connectivity index (χ3n) is 2.57. The Bertz CT molecular complexity index is 625. The van der Waals surface area contributed by atoms with Crippen LogP contribution >= 0.6 is 0 Å². The number of fused-ring (bicyclic) bond motifs is 1. The van der Waals surface area contributed by atoms with Gasteiger partial charge in [-0.15, -0.1) is 0 Å². The summed E-state index contributed by atoms with van der Waals surface area (Å²) < 4.78 is 32.4. The van der Waals surface area contributed by atoms with Crippen LogP contribution in [-0.4, -0.2) is 39.3 Å². The summed E-state index contributed by atoms with van der Waals surface area (Å²) in [6, 6.07) is 3.37. The molecule has 19 heavy (non-hydrogen) atoms. The average molecular weight is 285 g/mol. The maximum atomic E-state index is 11.8. The number of hydrogen-bond donors (Lipinski definition) is 2. The minimum absolute atomic E-state index is 0.132. The standard InChI is InChI=1S/C11H15N3O4S/c1-7-4-8-11(18-6-10(15)12-8)9(5-7)13-19(16,17)14(2)3/h4-5,13H,6H2,1-3H3,(H,12,15). The van der Waals surface area contributed by atoms with E-state index in [-0.39, 0.29) is 12.5 Å². The van der Waals surface area contributed by atoms with E-state index in [1.54, 1.807) is 19.1 Å². The summed E-state index contributed by atoms with van der Waals surface area (Å²) in [7, 11) is -0.777. The van der Waals surface area contributed by atoms with Gasteiger partial charge in [0, 0.05) is 14.1 Å². The fourth-order valence-electron chi connectivity index (χ4n) is 1.65. The van der Waals surface area contributed by atoms with Crippen LogP contribution in [0.1, 0.15) is 5.56 Å². The summed E-state index contributed by atoms with van der Waals surface area (Å²) in [4.78, 5) is 11.3. The maximum Gasteiger partial charge on any atom is 0.301 e. The zero-order valence-electron chi connectivity index (χ0n) is 10.9. The van der Waals surface area contributed by atoms with E-state index < -0.39 is 10.2 Å². The number of amides is 1. The van der Waals surface area contributed by atoms with Gasteiger partial charge < -0.3 is 10.1 Å². The summed E-state index contributed by atoms with van der Waals surface area (Å²) in [5.41, 5.74) is 1.58. The van der Waals surface area contributed by atoms with Gasteiger partial charge in [-0.2, -0.15) is 12.7 Å². The van der Waals surface area contributed by atoms with Gasteiger partial charge in [-0.25, -0.2) is 0 Å². The lowest BCUT2D eigenvalue weighted by molar-refractivity contribution is -0.118. The molecule has 0 bridgehead atoms. The van der Waals surface area contributed by atoms with Crippen LogP contribution in [0, 0.1) is 6.92 Å². The number of anilines is 2. The number of nitrogens with zero attached hydrogens (tertiary/aromatic N) is 1. The molecule has 0 saturated carbocycles. The highest BCUT2D eigenvalue weighted by molar-refractivity contribution is 7.90. The minimum atomic E-state index is -3.62. The topological polar surface area (TPSA) is 87.7 Å². The van der Waals surface area contributed by atoms with Gasteiger partial charge >= 0.3 is 10.2 Å². The quantitative estimate of drug-likeness (QED) is 0.848. The molecule has 8 heteroatoms. The van der Waals surface area contributed by atoms with Crippen LogP contribution in [-0.2, 0) is 15.0 Å². The molecule has 0 aromatic heterocycles. The number of rotatable bonds is 3. The summed E-state index contributed by atoms with van der Waals surface area (Å²) in [5.74, 6) is 0.0649. The van der Waals surface area contributed by atoms with E-state index in [9.17, 15) is 13.2 Å². The predicted molar refractivity (Wildman–Crippen MR) is 71.5 cm³/mol. The van der Waals surface area contributed by atoms with E-state index in [1.165, 1.54) is 14.1 Å². The van der Waals surface area contributed by atoms with Crippen LogP contribution in [0.3, 0.4) is 0 Å². The maximum absolute atomic E-state index is 11.8. The van der Waals surface area contributed by atoms with Gasteiger partial charge in [0.25, 0.3) is 5.91 Å². The summed E-state index contributed by atoms with van der Waals surface area (Å²) in [6.07, 6.45) is 0.